The number of hydrogen-bond donors (Lipinski definition) is 0. The smallest absolute Gasteiger partial charge is 0.216 e. The predicted octanol–water partition coefficient (Wildman–Crippen LogP) is 31.3. The predicted molar refractivity (Wildman–Crippen MR) is 598 cm³/mol. The second kappa shape index (κ2) is 39.7. The first kappa shape index (κ1) is 84.7. The van der Waals surface area contributed by atoms with E-state index in [0.717, 1.165) is 166 Å². The first-order chi connectivity index (χ1) is 75.7. The molecule has 0 aliphatic rings. The lowest BCUT2D eigenvalue weighted by Crippen LogP contribution is -2.36. The van der Waals surface area contributed by atoms with Crippen molar-refractivity contribution in [1.29, 1.82) is 26.3 Å². The van der Waals surface area contributed by atoms with Crippen LogP contribution in [-0.2, 0) is 60.7 Å². The molecule has 0 aliphatic carbocycles. The summed E-state index contributed by atoms with van der Waals surface area (Å²) in [4.78, 5) is 0. The van der Waals surface area contributed by atoms with E-state index in [1.54, 1.807) is 116 Å². The van der Waals surface area contributed by atoms with Gasteiger partial charge in [-0.3, -0.25) is 0 Å². The highest BCUT2D eigenvalue weighted by molar-refractivity contribution is 6.17. The molecule has 10 heterocycles. The second-order valence-corrected chi connectivity index (χ2v) is 43.5. The molecule has 0 aliphatic heterocycles. The van der Waals surface area contributed by atoms with Crippen molar-refractivity contribution in [2.45, 2.75) is 226 Å². The molecule has 10 aromatic carbocycles. The fourth-order valence-corrected chi connectivity index (χ4v) is 19.8. The van der Waals surface area contributed by atoms with Crippen molar-refractivity contribution in [1.82, 2.24) is 0 Å². The van der Waals surface area contributed by atoms with Crippen LogP contribution in [0, 0.1) is 196 Å². The lowest BCUT2D eigenvalue weighted by Gasteiger charge is -2.18. The maximum absolute atomic E-state index is 9.75. The van der Waals surface area contributed by atoms with E-state index in [9.17, 15) is 26.3 Å². The molecule has 0 fully saturated rings. The molecule has 0 saturated heterocycles. The number of rotatable bonds is 9. The first-order valence-corrected chi connectivity index (χ1v) is 49.5. The van der Waals surface area contributed by atoms with Gasteiger partial charge in [-0.15, -0.1) is 0 Å². The highest BCUT2D eigenvalue weighted by Crippen LogP contribution is 2.48. The molecule has 10 aromatic heterocycles. The highest BCUT2D eigenvalue weighted by atomic mass is 16.3. The van der Waals surface area contributed by atoms with E-state index in [4.69, 9.17) is 44.0 Å². The van der Waals surface area contributed by atoms with Crippen molar-refractivity contribution in [2.75, 3.05) is 0 Å². The molecule has 20 aromatic rings. The summed E-state index contributed by atoms with van der Waals surface area (Å²) in [5.74, 6) is 0. The summed E-state index contributed by atoms with van der Waals surface area (Å²) in [6.07, 6.45) is -6.84. The monoisotopic (exact) mass is 1960 g/mol. The van der Waals surface area contributed by atoms with Crippen molar-refractivity contribution >= 4 is 110 Å². The molecule has 147 heavy (non-hydrogen) atoms. The number of aromatic nitrogens is 5. The number of pyridine rings is 5. The van der Waals surface area contributed by atoms with Gasteiger partial charge in [-0.25, -0.2) is 0 Å². The molecular weight excluding hydrogens is 1810 g/mol. The van der Waals surface area contributed by atoms with Crippen molar-refractivity contribution in [3.8, 4) is 86.6 Å². The zero-order valence-corrected chi connectivity index (χ0v) is 90.9. The van der Waals surface area contributed by atoms with E-state index in [1.807, 2.05) is 266 Å². The fraction of sp³-hybridized carbons (Fsp3) is 0.318. The zero-order valence-electron chi connectivity index (χ0n) is 107. The van der Waals surface area contributed by atoms with Gasteiger partial charge in [0.15, 0.2) is 28.5 Å². The van der Waals surface area contributed by atoms with Gasteiger partial charge < -0.3 is 22.1 Å². The highest BCUT2D eigenvalue weighted by Gasteiger charge is 2.34. The molecule has 15 nitrogen and oxygen atoms in total. The Hall–Kier alpha value is -15.6. The molecule has 0 bridgehead atoms. The molecule has 0 N–H and O–H groups in total. The Morgan fingerprint density at radius 3 is 0.823 bits per heavy atom. The maximum Gasteiger partial charge on any atom is 0.216 e. The van der Waals surface area contributed by atoms with Gasteiger partial charge in [0.2, 0.25) is 28.5 Å². The second-order valence-electron chi connectivity index (χ2n) is 43.5. The van der Waals surface area contributed by atoms with Gasteiger partial charge in [0, 0.05) is 164 Å². The molecule has 15 heteroatoms. The summed E-state index contributed by atoms with van der Waals surface area (Å²) >= 11 is 0. The lowest BCUT2D eigenvalue weighted by molar-refractivity contribution is -0.667. The first-order valence-electron chi connectivity index (χ1n) is 57.5. The fourth-order valence-electron chi connectivity index (χ4n) is 19.8. The van der Waals surface area contributed by atoms with Gasteiger partial charge in [0.25, 0.3) is 0 Å². The largest absolute Gasteiger partial charge is 0.455 e. The number of nitrogens with zero attached hydrogens (tertiary/aromatic N) is 10. The number of nitriles is 5. The van der Waals surface area contributed by atoms with Gasteiger partial charge >= 0.3 is 0 Å². The zero-order chi connectivity index (χ0) is 121. The third-order valence-corrected chi connectivity index (χ3v) is 27.4. The summed E-state index contributed by atoms with van der Waals surface area (Å²) in [6, 6.07) is 57.8. The van der Waals surface area contributed by atoms with E-state index >= 15 is 0 Å². The Morgan fingerprint density at radius 1 is 0.265 bits per heavy atom. The standard InChI is InChI=1S/4C27H29N2O.C24H23N2O/c2*1-16-9-11-21-24-20(15-28)10-8-17(2)25(24)30-26(21)23(16)22-13-19(14-27(4,5)6)12-18(3)29(22)7;2*1-16-10-20(15-28)25-21-9-8-17(2)24(26(21)30-23(25)11-16)22-13-19(14-27(4,5)6)12-18(3)29(22)7;1-13-8-10-19-22-18(12-25)9-7-14(2)23(22)27-24(19)21(13)20-11-15(3)16(4)17(5)26(20)6/h4*8-13H,14H2,1-7H3;7-11H,1-6H3/q5*+1/i12D,13D,14D2;14D2;12D,13D,14D2;14D2;4D3,11D. The Bertz CT molecular complexity index is 9970. The molecule has 0 amide bonds. The van der Waals surface area contributed by atoms with Crippen molar-refractivity contribution in [3.63, 3.8) is 0 Å². The van der Waals surface area contributed by atoms with Crippen LogP contribution in [0.25, 0.3) is 166 Å². The number of aryl methyl sites for hydroxylation is 12. The van der Waals surface area contributed by atoms with Gasteiger partial charge in [0.1, 0.15) is 91.1 Å². The maximum atomic E-state index is 9.75. The van der Waals surface area contributed by atoms with Crippen LogP contribution < -0.4 is 22.8 Å². The van der Waals surface area contributed by atoms with Gasteiger partial charge in [0.05, 0.1) is 92.8 Å². The molecule has 0 atom stereocenters. The molecular formula is C132H139N10O5+5. The lowest BCUT2D eigenvalue weighted by atomic mass is 9.87. The molecule has 0 saturated carbocycles. The quantitative estimate of drug-likeness (QED) is 0.125. The van der Waals surface area contributed by atoms with E-state index in [0.29, 0.717) is 129 Å². The minimum atomic E-state index is -2.31. The minimum Gasteiger partial charge on any atom is -0.455 e. The summed E-state index contributed by atoms with van der Waals surface area (Å²) in [7, 11) is 9.36. The van der Waals surface area contributed by atoms with Crippen molar-refractivity contribution < 1.29 is 66.9 Å². The Kier molecular flexibility index (Phi) is 22.9. The molecule has 0 spiro atoms. The summed E-state index contributed by atoms with van der Waals surface area (Å²) in [6.45, 7) is 50.6. The van der Waals surface area contributed by atoms with E-state index in [-0.39, 0.29) is 46.9 Å². The van der Waals surface area contributed by atoms with Gasteiger partial charge in [-0.05, 0) is 256 Å². The van der Waals surface area contributed by atoms with E-state index < -0.39 is 54.0 Å². The van der Waals surface area contributed by atoms with Crippen LogP contribution in [0.15, 0.2) is 198 Å². The molecule has 0 unspecified atom stereocenters. The normalized spacial score (nSPS) is 13.9. The average Bonchev–Trinajstić information content (AvgIpc) is 1.34. The molecule has 742 valence electrons. The van der Waals surface area contributed by atoms with Crippen molar-refractivity contribution in [2.24, 2.45) is 56.9 Å². The average molecular weight is 1960 g/mol. The van der Waals surface area contributed by atoms with Crippen LogP contribution in [0.1, 0.15) is 250 Å². The van der Waals surface area contributed by atoms with Crippen LogP contribution in [0.3, 0.4) is 0 Å². The Morgan fingerprint density at radius 2 is 0.531 bits per heavy atom. The van der Waals surface area contributed by atoms with E-state index in [1.165, 1.54) is 0 Å². The molecule has 0 radical (unpaired) electrons. The number of furan rings is 5. The van der Waals surface area contributed by atoms with Crippen LogP contribution in [-0.4, -0.2) is 0 Å². The van der Waals surface area contributed by atoms with Gasteiger partial charge in [-0.2, -0.15) is 49.1 Å². The summed E-state index contributed by atoms with van der Waals surface area (Å²) < 4.78 is 180. The summed E-state index contributed by atoms with van der Waals surface area (Å²) in [5, 5.41) is 56.6. The van der Waals surface area contributed by atoms with Crippen LogP contribution in [0.4, 0.5) is 0 Å². The van der Waals surface area contributed by atoms with E-state index in [2.05, 4.69) is 45.5 Å². The SMILES string of the molecule is [2H]C([2H])(c1cc(C)[n+](C)c(-c2c(C)ccc3c2oc2c(C)ccc(C#N)c23)c1)C(C)(C)C.[2H]C([2H])(c1cc(C)[n+](C)c(-c2c(C)ccc3c2oc2cc(C)cc(C#N)c23)c1)C(C)(C)C.[2H]c1c(C([2H])([2H])C(C)(C)C)c([2H])c(-c2c(C)ccc3c2oc2c(C)ccc(C#N)c23)[n+](C)c1C.[2H]c1c(C([2H])([2H])C(C)(C)C)c([2H])c(-c2c(C)ccc3c2oc2cc(C)cc(C#N)c23)[n+](C)c1C.[2H]c1c(C)c(C([2H])([2H])[2H])c(C)[n+](C)c1-c1c(C)ccc2c1oc1c(C)ccc(C#N)c12. The number of hydrogen-bond acceptors (Lipinski definition) is 10. The third kappa shape index (κ3) is 20.2. The Balaban J connectivity index is 0.000000143. The summed E-state index contributed by atoms with van der Waals surface area (Å²) in [5.41, 5.74) is 29.0. The van der Waals surface area contributed by atoms with Gasteiger partial charge in [-0.1, -0.05) is 162 Å². The number of benzene rings is 10. The topological polar surface area (TPSA) is 204 Å². The van der Waals surface area contributed by atoms with Crippen LogP contribution >= 0.6 is 0 Å². The van der Waals surface area contributed by atoms with Crippen LogP contribution in [0.5, 0.6) is 0 Å². The third-order valence-electron chi connectivity index (χ3n) is 27.4. The number of fused-ring (bicyclic) bond motifs is 15. The minimum absolute atomic E-state index is 0.0219. The Labute approximate surface area is 888 Å². The molecule has 20 rings (SSSR count). The van der Waals surface area contributed by atoms with Crippen LogP contribution in [0.2, 0.25) is 0 Å². The van der Waals surface area contributed by atoms with Crippen molar-refractivity contribution in [3.05, 3.63) is 321 Å².